The number of ether oxygens (including phenoxy) is 1. The first-order valence-electron chi connectivity index (χ1n) is 8.95. The summed E-state index contributed by atoms with van der Waals surface area (Å²) in [4.78, 5) is 12.6. The predicted octanol–water partition coefficient (Wildman–Crippen LogP) is 7.27. The van der Waals surface area contributed by atoms with E-state index >= 15 is 0 Å². The van der Waals surface area contributed by atoms with Crippen molar-refractivity contribution in [3.8, 4) is 16.9 Å². The van der Waals surface area contributed by atoms with E-state index in [9.17, 15) is 18.0 Å². The summed E-state index contributed by atoms with van der Waals surface area (Å²) in [6, 6.07) is 16.9. The van der Waals surface area contributed by atoms with E-state index < -0.39 is 18.3 Å². The van der Waals surface area contributed by atoms with Crippen LogP contribution in [0.4, 0.5) is 13.2 Å². The van der Waals surface area contributed by atoms with Crippen LogP contribution in [0.3, 0.4) is 0 Å². The first kappa shape index (κ1) is 23.3. The number of benzene rings is 3. The fourth-order valence-corrected chi connectivity index (χ4v) is 3.74. The fourth-order valence-electron chi connectivity index (χ4n) is 2.91. The number of hydrogen-bond acceptors (Lipinski definition) is 2. The average molecular weight is 489 g/mol. The molecule has 0 spiro atoms. The van der Waals surface area contributed by atoms with Gasteiger partial charge in [-0.15, -0.1) is 24.8 Å². The molecule has 0 heterocycles. The topological polar surface area (TPSA) is 38.3 Å². The van der Waals surface area contributed by atoms with Crippen molar-refractivity contribution in [3.63, 3.8) is 0 Å². The first-order chi connectivity index (χ1) is 14.7. The molecule has 0 saturated heterocycles. The molecule has 9 heteroatoms. The second-order valence-electron chi connectivity index (χ2n) is 6.47. The van der Waals surface area contributed by atoms with Gasteiger partial charge < -0.3 is 10.1 Å². The molecule has 0 aliphatic heterocycles. The van der Waals surface area contributed by atoms with Crippen molar-refractivity contribution in [2.45, 2.75) is 12.4 Å². The van der Waals surface area contributed by atoms with Gasteiger partial charge in [-0.3, -0.25) is 4.79 Å². The molecule has 0 radical (unpaired) electrons. The summed E-state index contributed by atoms with van der Waals surface area (Å²) in [7, 11) is 0. The van der Waals surface area contributed by atoms with Crippen LogP contribution in [0.1, 0.15) is 22.0 Å². The fraction of sp³-hybridized carbons (Fsp3) is 0.136. The number of nitrogens with one attached hydrogen (secondary N) is 1. The predicted molar refractivity (Wildman–Crippen MR) is 116 cm³/mol. The standard InChI is InChI=1S/C22H15Cl3F3NO2/c23-12-19(29-21(30)20-17(24)2-1-3-18(20)25)15-6-4-13(5-7-15)14-8-10-16(11-9-14)31-22(26,27)28/h1-11,19H,12H2,(H,29,30). The molecule has 3 rings (SSSR count). The summed E-state index contributed by atoms with van der Waals surface area (Å²) >= 11 is 18.2. The molecule has 1 N–H and O–H groups in total. The van der Waals surface area contributed by atoms with Crippen LogP contribution in [0.15, 0.2) is 66.7 Å². The quantitative estimate of drug-likeness (QED) is 0.371. The molecule has 1 amide bonds. The van der Waals surface area contributed by atoms with Crippen LogP contribution < -0.4 is 10.1 Å². The van der Waals surface area contributed by atoms with E-state index in [0.717, 1.165) is 11.1 Å². The van der Waals surface area contributed by atoms with E-state index in [1.54, 1.807) is 42.5 Å². The SMILES string of the molecule is O=C(NC(CCl)c1ccc(-c2ccc(OC(F)(F)F)cc2)cc1)c1c(Cl)cccc1Cl. The smallest absolute Gasteiger partial charge is 0.406 e. The van der Waals surface area contributed by atoms with Gasteiger partial charge in [0.1, 0.15) is 5.75 Å². The Labute approximate surface area is 191 Å². The molecule has 0 aliphatic carbocycles. The summed E-state index contributed by atoms with van der Waals surface area (Å²) in [5.41, 5.74) is 2.39. The third-order valence-electron chi connectivity index (χ3n) is 4.38. The van der Waals surface area contributed by atoms with Crippen LogP contribution >= 0.6 is 34.8 Å². The zero-order valence-electron chi connectivity index (χ0n) is 15.7. The molecule has 3 nitrogen and oxygen atoms in total. The summed E-state index contributed by atoms with van der Waals surface area (Å²) in [6.45, 7) is 0. The Balaban J connectivity index is 1.74. The minimum Gasteiger partial charge on any atom is -0.406 e. The molecule has 3 aromatic carbocycles. The van der Waals surface area contributed by atoms with Crippen molar-refractivity contribution in [2.75, 3.05) is 5.88 Å². The third-order valence-corrected chi connectivity index (χ3v) is 5.32. The molecule has 1 unspecified atom stereocenters. The molecule has 1 atom stereocenters. The number of amides is 1. The summed E-state index contributed by atoms with van der Waals surface area (Å²) in [5, 5.41) is 3.26. The maximum absolute atomic E-state index is 12.6. The number of carbonyl (C=O) groups is 1. The largest absolute Gasteiger partial charge is 0.573 e. The highest BCUT2D eigenvalue weighted by Gasteiger charge is 2.31. The van der Waals surface area contributed by atoms with E-state index in [1.807, 2.05) is 0 Å². The van der Waals surface area contributed by atoms with Gasteiger partial charge in [-0.1, -0.05) is 65.7 Å². The lowest BCUT2D eigenvalue weighted by atomic mass is 10.0. The van der Waals surface area contributed by atoms with Gasteiger partial charge in [0.05, 0.1) is 21.7 Å². The van der Waals surface area contributed by atoms with Gasteiger partial charge in [0.15, 0.2) is 0 Å². The van der Waals surface area contributed by atoms with Gasteiger partial charge in [-0.2, -0.15) is 0 Å². The molecule has 0 aromatic heterocycles. The van der Waals surface area contributed by atoms with Crippen molar-refractivity contribution in [1.29, 1.82) is 0 Å². The monoisotopic (exact) mass is 487 g/mol. The Morgan fingerprint density at radius 2 is 1.42 bits per heavy atom. The lowest BCUT2D eigenvalue weighted by Gasteiger charge is -2.18. The van der Waals surface area contributed by atoms with Gasteiger partial charge in [0, 0.05) is 5.88 Å². The minimum atomic E-state index is -4.74. The molecular weight excluding hydrogens is 474 g/mol. The van der Waals surface area contributed by atoms with Crippen molar-refractivity contribution in [1.82, 2.24) is 5.32 Å². The normalized spacial score (nSPS) is 12.3. The Hall–Kier alpha value is -2.41. The van der Waals surface area contributed by atoms with E-state index in [0.29, 0.717) is 5.56 Å². The number of carbonyl (C=O) groups excluding carboxylic acids is 1. The molecule has 162 valence electrons. The molecule has 0 saturated carbocycles. The molecule has 0 aliphatic rings. The van der Waals surface area contributed by atoms with Crippen molar-refractivity contribution >= 4 is 40.7 Å². The zero-order chi connectivity index (χ0) is 22.6. The molecule has 0 bridgehead atoms. The average Bonchev–Trinajstić information content (AvgIpc) is 2.71. The second kappa shape index (κ2) is 9.81. The van der Waals surface area contributed by atoms with Gasteiger partial charge in [0.2, 0.25) is 0 Å². The van der Waals surface area contributed by atoms with E-state index in [4.69, 9.17) is 34.8 Å². The Bertz CT molecular complexity index is 1030. The molecule has 3 aromatic rings. The Morgan fingerprint density at radius 3 is 1.90 bits per heavy atom. The highest BCUT2D eigenvalue weighted by Crippen LogP contribution is 2.29. The maximum Gasteiger partial charge on any atom is 0.573 e. The highest BCUT2D eigenvalue weighted by atomic mass is 35.5. The van der Waals surface area contributed by atoms with Crippen molar-refractivity contribution < 1.29 is 22.7 Å². The summed E-state index contributed by atoms with van der Waals surface area (Å²) in [6.07, 6.45) is -4.74. The zero-order valence-corrected chi connectivity index (χ0v) is 18.0. The van der Waals surface area contributed by atoms with Gasteiger partial charge in [-0.25, -0.2) is 0 Å². The Kier molecular flexibility index (Phi) is 7.36. The number of alkyl halides is 4. The molecular formula is C22H15Cl3F3NO2. The van der Waals surface area contributed by atoms with Crippen LogP contribution in [0.2, 0.25) is 10.0 Å². The number of hydrogen-bond donors (Lipinski definition) is 1. The maximum atomic E-state index is 12.6. The number of halogens is 6. The Morgan fingerprint density at radius 1 is 0.903 bits per heavy atom. The summed E-state index contributed by atoms with van der Waals surface area (Å²) < 4.78 is 40.7. The third kappa shape index (κ3) is 6.06. The summed E-state index contributed by atoms with van der Waals surface area (Å²) in [5.74, 6) is -0.641. The van der Waals surface area contributed by atoms with Crippen molar-refractivity contribution in [2.24, 2.45) is 0 Å². The van der Waals surface area contributed by atoms with E-state index in [1.165, 1.54) is 24.3 Å². The lowest BCUT2D eigenvalue weighted by Crippen LogP contribution is -2.30. The highest BCUT2D eigenvalue weighted by molar-refractivity contribution is 6.39. The van der Waals surface area contributed by atoms with Crippen LogP contribution in [-0.2, 0) is 0 Å². The van der Waals surface area contributed by atoms with Gasteiger partial charge in [-0.05, 0) is 41.0 Å². The van der Waals surface area contributed by atoms with Crippen LogP contribution in [0.5, 0.6) is 5.75 Å². The van der Waals surface area contributed by atoms with Gasteiger partial charge in [0.25, 0.3) is 5.91 Å². The molecule has 0 fully saturated rings. The van der Waals surface area contributed by atoms with Crippen LogP contribution in [0.25, 0.3) is 11.1 Å². The van der Waals surface area contributed by atoms with Crippen LogP contribution in [-0.4, -0.2) is 18.1 Å². The number of rotatable bonds is 6. The van der Waals surface area contributed by atoms with E-state index in [2.05, 4.69) is 10.1 Å². The molecule has 31 heavy (non-hydrogen) atoms. The minimum absolute atomic E-state index is 0.108. The van der Waals surface area contributed by atoms with E-state index in [-0.39, 0.29) is 27.2 Å². The second-order valence-corrected chi connectivity index (χ2v) is 7.59. The van der Waals surface area contributed by atoms with Gasteiger partial charge >= 0.3 is 6.36 Å². The first-order valence-corrected chi connectivity index (χ1v) is 10.2. The van der Waals surface area contributed by atoms with Crippen molar-refractivity contribution in [3.05, 3.63) is 87.9 Å². The van der Waals surface area contributed by atoms with Crippen LogP contribution in [0, 0.1) is 0 Å². The lowest BCUT2D eigenvalue weighted by molar-refractivity contribution is -0.274.